The molecular weight excluding hydrogens is 242 g/mol. The Balaban J connectivity index is 2.10. The number of amides is 1. The molecule has 0 spiro atoms. The molecular formula is C14H21N3O2. The molecule has 1 aromatic rings. The molecule has 1 amide bonds. The molecule has 1 fully saturated rings. The summed E-state index contributed by atoms with van der Waals surface area (Å²) in [6.45, 7) is 3.69. The highest BCUT2D eigenvalue weighted by molar-refractivity contribution is 5.95. The smallest absolute Gasteiger partial charge is 0.254 e. The molecule has 1 aliphatic heterocycles. The summed E-state index contributed by atoms with van der Waals surface area (Å²) in [5.74, 6) is 0.714. The molecule has 5 heteroatoms. The van der Waals surface area contributed by atoms with Crippen molar-refractivity contribution in [3.05, 3.63) is 23.9 Å². The number of aliphatic hydroxyl groups is 1. The quantitative estimate of drug-likeness (QED) is 0.845. The molecule has 1 saturated heterocycles. The molecule has 1 aliphatic rings. The van der Waals surface area contributed by atoms with Crippen LogP contribution in [-0.4, -0.2) is 46.6 Å². The highest BCUT2D eigenvalue weighted by atomic mass is 16.3. The number of carbonyl (C=O) groups excluding carboxylic acids is 1. The van der Waals surface area contributed by atoms with Crippen LogP contribution in [0.3, 0.4) is 0 Å². The number of pyridine rings is 1. The third-order valence-corrected chi connectivity index (χ3v) is 3.41. The summed E-state index contributed by atoms with van der Waals surface area (Å²) in [6, 6.07) is 3.48. The van der Waals surface area contributed by atoms with E-state index in [-0.39, 0.29) is 18.6 Å². The summed E-state index contributed by atoms with van der Waals surface area (Å²) < 4.78 is 0. The summed E-state index contributed by atoms with van der Waals surface area (Å²) in [5.41, 5.74) is 0.633. The van der Waals surface area contributed by atoms with E-state index in [1.807, 2.05) is 0 Å². The predicted octanol–water partition coefficient (Wildman–Crippen LogP) is 1.50. The fourth-order valence-corrected chi connectivity index (χ4v) is 2.37. The zero-order valence-corrected chi connectivity index (χ0v) is 11.3. The molecule has 2 heterocycles. The first-order chi connectivity index (χ1) is 9.26. The van der Waals surface area contributed by atoms with E-state index in [4.69, 9.17) is 0 Å². The number of hydrogen-bond donors (Lipinski definition) is 2. The lowest BCUT2D eigenvalue weighted by molar-refractivity contribution is 0.0677. The van der Waals surface area contributed by atoms with E-state index in [9.17, 15) is 9.90 Å². The van der Waals surface area contributed by atoms with Crippen LogP contribution in [0.15, 0.2) is 18.3 Å². The number of carbonyl (C=O) groups is 1. The maximum atomic E-state index is 12.4. The van der Waals surface area contributed by atoms with E-state index in [1.54, 1.807) is 23.2 Å². The van der Waals surface area contributed by atoms with Gasteiger partial charge in [-0.1, -0.05) is 6.92 Å². The molecule has 0 aliphatic carbocycles. The third-order valence-electron chi connectivity index (χ3n) is 3.41. The van der Waals surface area contributed by atoms with Gasteiger partial charge in [0, 0.05) is 24.8 Å². The molecule has 1 aromatic heterocycles. The molecule has 104 valence electrons. The summed E-state index contributed by atoms with van der Waals surface area (Å²) >= 11 is 0. The van der Waals surface area contributed by atoms with Gasteiger partial charge in [-0.05, 0) is 31.4 Å². The van der Waals surface area contributed by atoms with Gasteiger partial charge in [0.05, 0.1) is 12.6 Å². The lowest BCUT2D eigenvalue weighted by Gasteiger charge is -2.23. The van der Waals surface area contributed by atoms with Gasteiger partial charge in [-0.3, -0.25) is 4.79 Å². The van der Waals surface area contributed by atoms with Gasteiger partial charge < -0.3 is 15.3 Å². The van der Waals surface area contributed by atoms with E-state index >= 15 is 0 Å². The number of nitrogens with zero attached hydrogens (tertiary/aromatic N) is 2. The van der Waals surface area contributed by atoms with Crippen LogP contribution in [0.5, 0.6) is 0 Å². The number of aliphatic hydroxyl groups excluding tert-OH is 1. The zero-order chi connectivity index (χ0) is 13.7. The number of aromatic nitrogens is 1. The Kier molecular flexibility index (Phi) is 4.74. The van der Waals surface area contributed by atoms with Gasteiger partial charge in [-0.15, -0.1) is 0 Å². The highest BCUT2D eigenvalue weighted by Crippen LogP contribution is 2.20. The molecule has 0 aromatic carbocycles. The van der Waals surface area contributed by atoms with Crippen molar-refractivity contribution in [2.45, 2.75) is 32.2 Å². The first-order valence-electron chi connectivity index (χ1n) is 6.88. The number of rotatable bonds is 5. The lowest BCUT2D eigenvalue weighted by atomic mass is 10.2. The van der Waals surface area contributed by atoms with Crippen LogP contribution < -0.4 is 5.32 Å². The lowest BCUT2D eigenvalue weighted by Crippen LogP contribution is -2.37. The topological polar surface area (TPSA) is 65.5 Å². The zero-order valence-electron chi connectivity index (χ0n) is 11.3. The van der Waals surface area contributed by atoms with E-state index in [1.165, 1.54) is 0 Å². The average Bonchev–Trinajstić information content (AvgIpc) is 2.93. The number of hydrogen-bond acceptors (Lipinski definition) is 4. The van der Waals surface area contributed by atoms with E-state index < -0.39 is 0 Å². The standard InChI is InChI=1S/C14H21N3O2/c1-2-6-15-13-9-11(5-7-16-13)14(19)17-8-3-4-12(17)10-18/h5,7,9,12,18H,2-4,6,8,10H2,1H3,(H,15,16). The first kappa shape index (κ1) is 13.8. The van der Waals surface area contributed by atoms with Crippen LogP contribution in [0.25, 0.3) is 0 Å². The van der Waals surface area contributed by atoms with Gasteiger partial charge >= 0.3 is 0 Å². The molecule has 2 N–H and O–H groups in total. The Bertz CT molecular complexity index is 436. The van der Waals surface area contributed by atoms with Crippen molar-refractivity contribution in [3.63, 3.8) is 0 Å². The van der Waals surface area contributed by atoms with Gasteiger partial charge in [-0.25, -0.2) is 4.98 Å². The summed E-state index contributed by atoms with van der Waals surface area (Å²) in [6.07, 6.45) is 4.51. The fraction of sp³-hybridized carbons (Fsp3) is 0.571. The Morgan fingerprint density at radius 1 is 1.63 bits per heavy atom. The van der Waals surface area contributed by atoms with Crippen molar-refractivity contribution in [2.75, 3.05) is 25.0 Å². The molecule has 0 bridgehead atoms. The summed E-state index contributed by atoms with van der Waals surface area (Å²) in [7, 11) is 0. The summed E-state index contributed by atoms with van der Waals surface area (Å²) in [5, 5.41) is 12.5. The second kappa shape index (κ2) is 6.52. The van der Waals surface area contributed by atoms with Gasteiger partial charge in [0.15, 0.2) is 0 Å². The molecule has 19 heavy (non-hydrogen) atoms. The largest absolute Gasteiger partial charge is 0.394 e. The average molecular weight is 263 g/mol. The third kappa shape index (κ3) is 3.23. The summed E-state index contributed by atoms with van der Waals surface area (Å²) in [4.78, 5) is 18.4. The van der Waals surface area contributed by atoms with Crippen molar-refractivity contribution in [1.82, 2.24) is 9.88 Å². The molecule has 5 nitrogen and oxygen atoms in total. The minimum absolute atomic E-state index is 0.0153. The molecule has 0 radical (unpaired) electrons. The van der Waals surface area contributed by atoms with Crippen LogP contribution in [-0.2, 0) is 0 Å². The highest BCUT2D eigenvalue weighted by Gasteiger charge is 2.28. The van der Waals surface area contributed by atoms with E-state index in [0.717, 1.165) is 38.2 Å². The molecule has 0 saturated carbocycles. The number of nitrogens with one attached hydrogen (secondary N) is 1. The second-order valence-corrected chi connectivity index (χ2v) is 4.83. The van der Waals surface area contributed by atoms with Crippen LogP contribution >= 0.6 is 0 Å². The Morgan fingerprint density at radius 3 is 3.21 bits per heavy atom. The SMILES string of the molecule is CCCNc1cc(C(=O)N2CCCC2CO)ccn1. The van der Waals surface area contributed by atoms with Crippen LogP contribution in [0.4, 0.5) is 5.82 Å². The van der Waals surface area contributed by atoms with Gasteiger partial charge in [0.25, 0.3) is 5.91 Å². The van der Waals surface area contributed by atoms with Crippen molar-refractivity contribution in [1.29, 1.82) is 0 Å². The van der Waals surface area contributed by atoms with Crippen molar-refractivity contribution < 1.29 is 9.90 Å². The minimum atomic E-state index is -0.0345. The van der Waals surface area contributed by atoms with Crippen LogP contribution in [0, 0.1) is 0 Å². The number of likely N-dealkylation sites (tertiary alicyclic amines) is 1. The van der Waals surface area contributed by atoms with Gasteiger partial charge in [-0.2, -0.15) is 0 Å². The minimum Gasteiger partial charge on any atom is -0.394 e. The fourth-order valence-electron chi connectivity index (χ4n) is 2.37. The van der Waals surface area contributed by atoms with Crippen LogP contribution in [0.2, 0.25) is 0 Å². The van der Waals surface area contributed by atoms with E-state index in [0.29, 0.717) is 5.56 Å². The maximum Gasteiger partial charge on any atom is 0.254 e. The first-order valence-corrected chi connectivity index (χ1v) is 6.88. The van der Waals surface area contributed by atoms with E-state index in [2.05, 4.69) is 17.2 Å². The molecule has 2 rings (SSSR count). The second-order valence-electron chi connectivity index (χ2n) is 4.83. The van der Waals surface area contributed by atoms with Crippen molar-refractivity contribution in [2.24, 2.45) is 0 Å². The monoisotopic (exact) mass is 263 g/mol. The van der Waals surface area contributed by atoms with Gasteiger partial charge in [0.2, 0.25) is 0 Å². The molecule has 1 unspecified atom stereocenters. The van der Waals surface area contributed by atoms with Gasteiger partial charge in [0.1, 0.15) is 5.82 Å². The Labute approximate surface area is 113 Å². The normalized spacial score (nSPS) is 18.6. The van der Waals surface area contributed by atoms with Crippen molar-refractivity contribution in [3.8, 4) is 0 Å². The number of anilines is 1. The predicted molar refractivity (Wildman–Crippen MR) is 74.2 cm³/mol. The molecule has 1 atom stereocenters. The Hall–Kier alpha value is -1.62. The Morgan fingerprint density at radius 2 is 2.47 bits per heavy atom. The maximum absolute atomic E-state index is 12.4. The van der Waals surface area contributed by atoms with Crippen molar-refractivity contribution >= 4 is 11.7 Å². The van der Waals surface area contributed by atoms with Crippen LogP contribution in [0.1, 0.15) is 36.5 Å².